The first-order valence-electron chi connectivity index (χ1n) is 10.6. The molecule has 1 saturated heterocycles. The molecule has 0 radical (unpaired) electrons. The van der Waals surface area contributed by atoms with E-state index in [4.69, 9.17) is 11.6 Å². The van der Waals surface area contributed by atoms with Gasteiger partial charge in [0.05, 0.1) is 22.3 Å². The number of hydrogen-bond acceptors (Lipinski definition) is 5. The van der Waals surface area contributed by atoms with Crippen molar-refractivity contribution in [2.75, 3.05) is 6.54 Å². The van der Waals surface area contributed by atoms with Gasteiger partial charge in [0.1, 0.15) is 16.6 Å². The Kier molecular flexibility index (Phi) is 6.46. The summed E-state index contributed by atoms with van der Waals surface area (Å²) >= 11 is 7.66. The van der Waals surface area contributed by atoms with E-state index in [9.17, 15) is 9.59 Å². The van der Waals surface area contributed by atoms with Gasteiger partial charge in [-0.2, -0.15) is 0 Å². The summed E-state index contributed by atoms with van der Waals surface area (Å²) in [6.07, 6.45) is 10.3. The highest BCUT2D eigenvalue weighted by molar-refractivity contribution is 7.18. The molecule has 6 nitrogen and oxygen atoms in total. The van der Waals surface area contributed by atoms with E-state index in [0.29, 0.717) is 17.5 Å². The Morgan fingerprint density at radius 1 is 1.39 bits per heavy atom. The third kappa shape index (κ3) is 4.84. The van der Waals surface area contributed by atoms with Crippen molar-refractivity contribution < 1.29 is 9.59 Å². The number of nitrogens with zero attached hydrogens (tertiary/aromatic N) is 1. The molecule has 2 aliphatic rings. The topological polar surface area (TPSA) is 83.1 Å². The van der Waals surface area contributed by atoms with Crippen molar-refractivity contribution in [2.24, 2.45) is 11.3 Å². The minimum atomic E-state index is -0.626. The molecule has 1 aromatic heterocycles. The number of rotatable bonds is 6. The van der Waals surface area contributed by atoms with Gasteiger partial charge in [0, 0.05) is 0 Å². The van der Waals surface area contributed by atoms with Crippen molar-refractivity contribution in [1.82, 2.24) is 20.9 Å². The van der Waals surface area contributed by atoms with E-state index < -0.39 is 6.04 Å². The fourth-order valence-corrected chi connectivity index (χ4v) is 5.42. The predicted octanol–water partition coefficient (Wildman–Crippen LogP) is 3.57. The van der Waals surface area contributed by atoms with Crippen LogP contribution in [-0.4, -0.2) is 35.4 Å². The molecule has 31 heavy (non-hydrogen) atoms. The zero-order chi connectivity index (χ0) is 22.0. The molecule has 1 aliphatic heterocycles. The largest absolute Gasteiger partial charge is 0.348 e. The lowest BCUT2D eigenvalue weighted by Gasteiger charge is -2.32. The van der Waals surface area contributed by atoms with Gasteiger partial charge in [-0.15, -0.1) is 11.3 Å². The van der Waals surface area contributed by atoms with Gasteiger partial charge in [-0.1, -0.05) is 48.9 Å². The van der Waals surface area contributed by atoms with Gasteiger partial charge in [-0.05, 0) is 49.8 Å². The van der Waals surface area contributed by atoms with Crippen molar-refractivity contribution in [3.63, 3.8) is 0 Å². The number of benzene rings is 1. The molecule has 0 bridgehead atoms. The number of para-hydroxylation sites is 1. The van der Waals surface area contributed by atoms with Gasteiger partial charge in [0.15, 0.2) is 0 Å². The van der Waals surface area contributed by atoms with Crippen LogP contribution in [0.3, 0.4) is 0 Å². The minimum absolute atomic E-state index is 0.0694. The zero-order valence-electron chi connectivity index (χ0n) is 17.7. The molecule has 8 heteroatoms. The molecule has 1 fully saturated rings. The average Bonchev–Trinajstić information content (AvgIpc) is 3.41. The van der Waals surface area contributed by atoms with Crippen LogP contribution in [-0.2, 0) is 16.1 Å². The SMILES string of the molecule is C[C@H](NC(=O)[C@H]1C[C@H](C2(C)C=CC=CC2)CN1)C(=O)NCc1nc2c(Cl)cccc2s1. The second-order valence-electron chi connectivity index (χ2n) is 8.53. The third-order valence-electron chi connectivity index (χ3n) is 6.24. The van der Waals surface area contributed by atoms with Crippen molar-refractivity contribution in [3.8, 4) is 0 Å². The number of thiazole rings is 1. The lowest BCUT2D eigenvalue weighted by atomic mass is 9.72. The molecule has 2 amide bonds. The van der Waals surface area contributed by atoms with Crippen LogP contribution in [0.2, 0.25) is 5.02 Å². The van der Waals surface area contributed by atoms with Crippen molar-refractivity contribution >= 4 is 45.0 Å². The molecule has 3 N–H and O–H groups in total. The van der Waals surface area contributed by atoms with Crippen LogP contribution in [0, 0.1) is 11.3 Å². The number of halogens is 1. The summed E-state index contributed by atoms with van der Waals surface area (Å²) < 4.78 is 0.983. The number of nitrogens with one attached hydrogen (secondary N) is 3. The van der Waals surface area contributed by atoms with Gasteiger partial charge >= 0.3 is 0 Å². The Balaban J connectivity index is 1.27. The summed E-state index contributed by atoms with van der Waals surface area (Å²) in [5.41, 5.74) is 0.818. The minimum Gasteiger partial charge on any atom is -0.348 e. The Labute approximate surface area is 191 Å². The summed E-state index contributed by atoms with van der Waals surface area (Å²) in [6.45, 7) is 5.04. The molecule has 4 rings (SSSR count). The number of amides is 2. The van der Waals surface area contributed by atoms with E-state index in [1.165, 1.54) is 11.3 Å². The quantitative estimate of drug-likeness (QED) is 0.618. The Morgan fingerprint density at radius 2 is 2.23 bits per heavy atom. The molecule has 1 unspecified atom stereocenters. The molecule has 2 heterocycles. The van der Waals surface area contributed by atoms with E-state index in [1.54, 1.807) is 13.0 Å². The molecular weight excluding hydrogens is 432 g/mol. The first kappa shape index (κ1) is 22.0. The van der Waals surface area contributed by atoms with Crippen LogP contribution in [0.1, 0.15) is 31.7 Å². The number of allylic oxidation sites excluding steroid dienone is 4. The molecular formula is C23H27ClN4O2S. The zero-order valence-corrected chi connectivity index (χ0v) is 19.2. The smallest absolute Gasteiger partial charge is 0.242 e. The van der Waals surface area contributed by atoms with E-state index in [2.05, 4.69) is 52.2 Å². The highest BCUT2D eigenvalue weighted by Crippen LogP contribution is 2.40. The van der Waals surface area contributed by atoms with Crippen LogP contribution in [0.25, 0.3) is 10.2 Å². The van der Waals surface area contributed by atoms with E-state index >= 15 is 0 Å². The summed E-state index contributed by atoms with van der Waals surface area (Å²) in [6, 6.07) is 4.73. The first-order chi connectivity index (χ1) is 14.9. The molecule has 2 aromatic rings. The second kappa shape index (κ2) is 9.10. The normalized spacial score (nSPS) is 26.2. The fourth-order valence-electron chi connectivity index (χ4n) is 4.22. The second-order valence-corrected chi connectivity index (χ2v) is 10.1. The molecule has 0 spiro atoms. The third-order valence-corrected chi connectivity index (χ3v) is 7.57. The maximum Gasteiger partial charge on any atom is 0.242 e. The van der Waals surface area contributed by atoms with Gasteiger partial charge in [0.2, 0.25) is 11.8 Å². The number of carbonyl (C=O) groups is 2. The molecule has 4 atom stereocenters. The number of hydrogen-bond donors (Lipinski definition) is 3. The van der Waals surface area contributed by atoms with Crippen molar-refractivity contribution in [1.29, 1.82) is 0 Å². The predicted molar refractivity (Wildman–Crippen MR) is 125 cm³/mol. The highest BCUT2D eigenvalue weighted by Gasteiger charge is 2.39. The number of aromatic nitrogens is 1. The standard InChI is InChI=1S/C23H27ClN4O2S/c1-14(21(29)26-13-19-28-20-16(24)7-6-8-18(20)31-19)27-22(30)17-11-15(12-25-17)23(2)9-4-3-5-10-23/h3-9,14-15,17,25H,10-13H2,1-2H3,(H,26,29)(H,27,30)/t14-,15-,17+,23?/m0/s1. The Morgan fingerprint density at radius 3 is 2.97 bits per heavy atom. The van der Waals surface area contributed by atoms with Crippen LogP contribution in [0.5, 0.6) is 0 Å². The summed E-state index contributed by atoms with van der Waals surface area (Å²) in [7, 11) is 0. The van der Waals surface area contributed by atoms with Crippen LogP contribution in [0.15, 0.2) is 42.5 Å². The van der Waals surface area contributed by atoms with E-state index in [-0.39, 0.29) is 23.3 Å². The maximum absolute atomic E-state index is 12.7. The highest BCUT2D eigenvalue weighted by atomic mass is 35.5. The lowest BCUT2D eigenvalue weighted by Crippen LogP contribution is -2.49. The van der Waals surface area contributed by atoms with Crippen molar-refractivity contribution in [3.05, 3.63) is 52.5 Å². The summed E-state index contributed by atoms with van der Waals surface area (Å²) in [5, 5.41) is 10.4. The fraction of sp³-hybridized carbons (Fsp3) is 0.435. The molecule has 164 valence electrons. The maximum atomic E-state index is 12.7. The monoisotopic (exact) mass is 458 g/mol. The summed E-state index contributed by atoms with van der Waals surface area (Å²) in [5.74, 6) is 0.0239. The number of carbonyl (C=O) groups excluding carboxylic acids is 2. The van der Waals surface area contributed by atoms with E-state index in [0.717, 1.165) is 34.6 Å². The Hall–Kier alpha value is -2.22. The van der Waals surface area contributed by atoms with Gasteiger partial charge in [-0.3, -0.25) is 9.59 Å². The Bertz CT molecular complexity index is 1050. The van der Waals surface area contributed by atoms with Gasteiger partial charge < -0.3 is 16.0 Å². The van der Waals surface area contributed by atoms with Crippen LogP contribution in [0.4, 0.5) is 0 Å². The summed E-state index contributed by atoms with van der Waals surface area (Å²) in [4.78, 5) is 29.7. The lowest BCUT2D eigenvalue weighted by molar-refractivity contribution is -0.129. The van der Waals surface area contributed by atoms with Gasteiger partial charge in [0.25, 0.3) is 0 Å². The molecule has 1 aromatic carbocycles. The molecule has 0 saturated carbocycles. The van der Waals surface area contributed by atoms with Crippen molar-refractivity contribution in [2.45, 2.75) is 45.3 Å². The average molecular weight is 459 g/mol. The number of fused-ring (bicyclic) bond motifs is 1. The van der Waals surface area contributed by atoms with Crippen LogP contribution < -0.4 is 16.0 Å². The molecule has 1 aliphatic carbocycles. The van der Waals surface area contributed by atoms with E-state index in [1.807, 2.05) is 12.1 Å². The van der Waals surface area contributed by atoms with Gasteiger partial charge in [-0.25, -0.2) is 4.98 Å². The van der Waals surface area contributed by atoms with Crippen LogP contribution >= 0.6 is 22.9 Å². The first-order valence-corrected chi connectivity index (χ1v) is 11.7.